The Labute approximate surface area is 86.1 Å². The van der Waals surface area contributed by atoms with E-state index in [0.717, 1.165) is 0 Å². The lowest BCUT2D eigenvalue weighted by molar-refractivity contribution is -0.144. The van der Waals surface area contributed by atoms with Crippen molar-refractivity contribution in [3.63, 3.8) is 0 Å². The molecule has 0 aromatic carbocycles. The first-order valence-electron chi connectivity index (χ1n) is 4.21. The van der Waals surface area contributed by atoms with E-state index < -0.39 is 5.92 Å². The number of nitriles is 1. The van der Waals surface area contributed by atoms with E-state index in [1.54, 1.807) is 19.2 Å². The number of ether oxygens (including phenoxy) is 1. The molecule has 0 N–H and O–H groups in total. The van der Waals surface area contributed by atoms with E-state index in [9.17, 15) is 4.79 Å². The molecule has 1 atom stereocenters. The van der Waals surface area contributed by atoms with Crippen LogP contribution in [-0.4, -0.2) is 17.6 Å². The second-order valence-electron chi connectivity index (χ2n) is 2.66. The van der Waals surface area contributed by atoms with Crippen molar-refractivity contribution in [2.24, 2.45) is 0 Å². The highest BCUT2D eigenvalue weighted by atomic mass is 32.1. The van der Waals surface area contributed by atoms with E-state index in [1.165, 1.54) is 11.3 Å². The van der Waals surface area contributed by atoms with E-state index in [0.29, 0.717) is 17.3 Å². The third-order valence-electron chi connectivity index (χ3n) is 1.70. The van der Waals surface area contributed by atoms with Crippen molar-refractivity contribution >= 4 is 17.3 Å². The van der Waals surface area contributed by atoms with Crippen molar-refractivity contribution < 1.29 is 9.53 Å². The summed E-state index contributed by atoms with van der Waals surface area (Å²) in [6.45, 7) is 3.83. The van der Waals surface area contributed by atoms with Crippen molar-refractivity contribution in [1.82, 2.24) is 4.98 Å². The van der Waals surface area contributed by atoms with Gasteiger partial charge in [0, 0.05) is 5.38 Å². The lowest BCUT2D eigenvalue weighted by Crippen LogP contribution is -2.13. The summed E-state index contributed by atoms with van der Waals surface area (Å²) in [5.41, 5.74) is 0.602. The third-order valence-corrected chi connectivity index (χ3v) is 2.47. The van der Waals surface area contributed by atoms with Crippen LogP contribution in [0.25, 0.3) is 0 Å². The van der Waals surface area contributed by atoms with Crippen LogP contribution in [0.4, 0.5) is 0 Å². The van der Waals surface area contributed by atoms with Gasteiger partial charge in [-0.2, -0.15) is 5.26 Å². The molecule has 0 aliphatic heterocycles. The molecular weight excluding hydrogens is 200 g/mol. The fourth-order valence-corrected chi connectivity index (χ4v) is 1.62. The first-order valence-corrected chi connectivity index (χ1v) is 5.09. The monoisotopic (exact) mass is 210 g/mol. The largest absolute Gasteiger partial charge is 0.465 e. The molecule has 0 spiro atoms. The van der Waals surface area contributed by atoms with Gasteiger partial charge in [-0.15, -0.1) is 11.3 Å². The molecule has 0 radical (unpaired) electrons. The zero-order valence-electron chi connectivity index (χ0n) is 7.98. The van der Waals surface area contributed by atoms with Crippen LogP contribution in [0.3, 0.4) is 0 Å². The molecule has 0 saturated heterocycles. The Morgan fingerprint density at radius 2 is 2.57 bits per heavy atom. The van der Waals surface area contributed by atoms with Gasteiger partial charge in [0.25, 0.3) is 0 Å². The Hall–Kier alpha value is -1.41. The fraction of sp³-hybridized carbons (Fsp3) is 0.444. The van der Waals surface area contributed by atoms with Gasteiger partial charge in [0.1, 0.15) is 6.07 Å². The van der Waals surface area contributed by atoms with Crippen molar-refractivity contribution in [3.8, 4) is 6.07 Å². The lowest BCUT2D eigenvalue weighted by atomic mass is 10.1. The maximum atomic E-state index is 11.3. The van der Waals surface area contributed by atoms with Crippen LogP contribution < -0.4 is 0 Å². The van der Waals surface area contributed by atoms with Crippen molar-refractivity contribution in [1.29, 1.82) is 5.26 Å². The molecule has 0 bridgehead atoms. The van der Waals surface area contributed by atoms with E-state index in [1.807, 2.05) is 6.07 Å². The summed E-state index contributed by atoms with van der Waals surface area (Å²) in [7, 11) is 0. The summed E-state index contributed by atoms with van der Waals surface area (Å²) in [6.07, 6.45) is 0. The van der Waals surface area contributed by atoms with Crippen molar-refractivity contribution in [2.45, 2.75) is 19.8 Å². The number of hydrogen-bond acceptors (Lipinski definition) is 5. The van der Waals surface area contributed by atoms with Gasteiger partial charge in [0.2, 0.25) is 0 Å². The minimum absolute atomic E-state index is 0.303. The van der Waals surface area contributed by atoms with Gasteiger partial charge >= 0.3 is 5.97 Å². The lowest BCUT2D eigenvalue weighted by Gasteiger charge is -2.06. The first-order chi connectivity index (χ1) is 6.69. The van der Waals surface area contributed by atoms with Crippen molar-refractivity contribution in [3.05, 3.63) is 16.1 Å². The van der Waals surface area contributed by atoms with Gasteiger partial charge in [-0.25, -0.2) is 4.98 Å². The van der Waals surface area contributed by atoms with Crippen LogP contribution in [-0.2, 0) is 9.53 Å². The highest BCUT2D eigenvalue weighted by molar-refractivity contribution is 7.10. The van der Waals surface area contributed by atoms with E-state index in [4.69, 9.17) is 10.00 Å². The van der Waals surface area contributed by atoms with Crippen molar-refractivity contribution in [2.75, 3.05) is 6.61 Å². The van der Waals surface area contributed by atoms with E-state index in [2.05, 4.69) is 4.98 Å². The maximum Gasteiger partial charge on any atom is 0.314 e. The molecule has 0 amide bonds. The Bertz CT molecular complexity index is 367. The first kappa shape index (κ1) is 10.7. The molecule has 0 aliphatic rings. The van der Waals surface area contributed by atoms with Crippen LogP contribution in [0, 0.1) is 11.3 Å². The predicted molar refractivity (Wildman–Crippen MR) is 51.9 cm³/mol. The number of esters is 1. The molecule has 1 heterocycles. The number of rotatable bonds is 3. The van der Waals surface area contributed by atoms with Crippen LogP contribution in [0.15, 0.2) is 5.38 Å². The number of thiazole rings is 1. The van der Waals surface area contributed by atoms with Gasteiger partial charge in [-0.1, -0.05) is 0 Å². The summed E-state index contributed by atoms with van der Waals surface area (Å²) in [5, 5.41) is 10.6. The molecule has 5 heteroatoms. The minimum atomic E-state index is -0.395. The Balaban J connectivity index is 2.74. The SMILES string of the molecule is CCOC(=O)C(C)c1csc(C#N)n1. The number of carbonyl (C=O) groups excluding carboxylic acids is 1. The zero-order valence-corrected chi connectivity index (χ0v) is 8.80. The molecular formula is C9H10N2O2S. The third kappa shape index (κ3) is 2.30. The second-order valence-corrected chi connectivity index (χ2v) is 3.52. The second kappa shape index (κ2) is 4.72. The molecule has 1 aromatic heterocycles. The number of hydrogen-bond donors (Lipinski definition) is 0. The van der Waals surface area contributed by atoms with E-state index in [-0.39, 0.29) is 5.97 Å². The van der Waals surface area contributed by atoms with Gasteiger partial charge in [-0.3, -0.25) is 4.79 Å². The summed E-state index contributed by atoms with van der Waals surface area (Å²) in [4.78, 5) is 15.3. The Morgan fingerprint density at radius 1 is 1.86 bits per heavy atom. The molecule has 0 fully saturated rings. The molecule has 1 aromatic rings. The molecule has 74 valence electrons. The molecule has 0 aliphatic carbocycles. The number of nitrogens with zero attached hydrogens (tertiary/aromatic N) is 2. The van der Waals surface area contributed by atoms with Crippen LogP contribution in [0.2, 0.25) is 0 Å². The predicted octanol–water partition coefficient (Wildman–Crippen LogP) is 1.68. The van der Waals surface area contributed by atoms with Gasteiger partial charge in [0.05, 0.1) is 18.2 Å². The number of carbonyl (C=O) groups is 1. The highest BCUT2D eigenvalue weighted by Gasteiger charge is 2.19. The Morgan fingerprint density at radius 3 is 3.07 bits per heavy atom. The molecule has 1 unspecified atom stereocenters. The smallest absolute Gasteiger partial charge is 0.314 e. The van der Waals surface area contributed by atoms with Crippen LogP contribution >= 0.6 is 11.3 Å². The quantitative estimate of drug-likeness (QED) is 0.712. The minimum Gasteiger partial charge on any atom is -0.465 e. The van der Waals surface area contributed by atoms with Gasteiger partial charge in [-0.05, 0) is 13.8 Å². The normalized spacial score (nSPS) is 11.8. The summed E-state index contributed by atoms with van der Waals surface area (Å²) >= 11 is 1.23. The van der Waals surface area contributed by atoms with Crippen LogP contribution in [0.5, 0.6) is 0 Å². The molecule has 0 saturated carbocycles. The molecule has 14 heavy (non-hydrogen) atoms. The topological polar surface area (TPSA) is 63.0 Å². The average molecular weight is 210 g/mol. The molecule has 4 nitrogen and oxygen atoms in total. The Kier molecular flexibility index (Phi) is 3.60. The summed E-state index contributed by atoms with van der Waals surface area (Å²) in [6, 6.07) is 1.93. The maximum absolute atomic E-state index is 11.3. The summed E-state index contributed by atoms with van der Waals surface area (Å²) < 4.78 is 4.84. The standard InChI is InChI=1S/C9H10N2O2S/c1-3-13-9(12)6(2)7-5-14-8(4-10)11-7/h5-6H,3H2,1-2H3. The average Bonchev–Trinajstić information content (AvgIpc) is 2.65. The fourth-order valence-electron chi connectivity index (χ4n) is 0.924. The zero-order chi connectivity index (χ0) is 10.6. The summed E-state index contributed by atoms with van der Waals surface area (Å²) in [5.74, 6) is -0.699. The molecule has 1 rings (SSSR count). The van der Waals surface area contributed by atoms with E-state index >= 15 is 0 Å². The number of aromatic nitrogens is 1. The highest BCUT2D eigenvalue weighted by Crippen LogP contribution is 2.19. The van der Waals surface area contributed by atoms with Gasteiger partial charge in [0.15, 0.2) is 5.01 Å². The van der Waals surface area contributed by atoms with Gasteiger partial charge < -0.3 is 4.74 Å². The van der Waals surface area contributed by atoms with Crippen LogP contribution in [0.1, 0.15) is 30.5 Å².